The van der Waals surface area contributed by atoms with Crippen LogP contribution in [0.4, 0.5) is 5.82 Å². The van der Waals surface area contributed by atoms with Gasteiger partial charge in [0.25, 0.3) is 5.56 Å². The van der Waals surface area contributed by atoms with Gasteiger partial charge < -0.3 is 9.88 Å². The normalized spacial score (nSPS) is 11.9. The summed E-state index contributed by atoms with van der Waals surface area (Å²) in [5, 5.41) is 11.9. The number of nitrogens with zero attached hydrogens (tertiary/aromatic N) is 4. The van der Waals surface area contributed by atoms with Gasteiger partial charge >= 0.3 is 0 Å². The van der Waals surface area contributed by atoms with Gasteiger partial charge in [0, 0.05) is 25.4 Å². The zero-order valence-electron chi connectivity index (χ0n) is 16.3. The van der Waals surface area contributed by atoms with Crippen molar-refractivity contribution >= 4 is 61.4 Å². The Labute approximate surface area is 191 Å². The van der Waals surface area contributed by atoms with E-state index in [1.807, 2.05) is 17.5 Å². The van der Waals surface area contributed by atoms with Crippen molar-refractivity contribution in [3.8, 4) is 5.69 Å². The summed E-state index contributed by atoms with van der Waals surface area (Å²) in [5.74, 6) is 0.800. The molecule has 0 aliphatic carbocycles. The first kappa shape index (κ1) is 21.8. The molecule has 3 heterocycles. The van der Waals surface area contributed by atoms with Crippen LogP contribution in [0.2, 0.25) is 10.0 Å². The molecule has 3 aromatic heterocycles. The molecule has 0 saturated heterocycles. The maximum Gasteiger partial charge on any atom is 0.264 e. The highest BCUT2D eigenvalue weighted by molar-refractivity contribution is 7.89. The summed E-state index contributed by atoms with van der Waals surface area (Å²) in [6, 6.07) is 6.22. The number of primary sulfonamides is 1. The molecule has 0 amide bonds. The Morgan fingerprint density at radius 3 is 2.48 bits per heavy atom. The summed E-state index contributed by atoms with van der Waals surface area (Å²) in [7, 11) is -0.547. The predicted molar refractivity (Wildman–Crippen MR) is 122 cm³/mol. The first-order valence-electron chi connectivity index (χ1n) is 8.80. The van der Waals surface area contributed by atoms with Crippen LogP contribution in [0.15, 0.2) is 39.3 Å². The van der Waals surface area contributed by atoms with E-state index < -0.39 is 10.0 Å². The van der Waals surface area contributed by atoms with Crippen molar-refractivity contribution in [1.29, 1.82) is 0 Å². The summed E-state index contributed by atoms with van der Waals surface area (Å²) in [6.07, 6.45) is 0.428. The zero-order valence-corrected chi connectivity index (χ0v) is 19.4. The van der Waals surface area contributed by atoms with E-state index in [4.69, 9.17) is 28.3 Å². The summed E-state index contributed by atoms with van der Waals surface area (Å²) >= 11 is 14.3. The fourth-order valence-corrected chi connectivity index (χ4v) is 5.14. The molecular weight excluding hydrogens is 483 g/mol. The van der Waals surface area contributed by atoms with E-state index in [1.165, 1.54) is 16.8 Å². The van der Waals surface area contributed by atoms with Gasteiger partial charge in [0.15, 0.2) is 11.5 Å². The molecule has 4 aromatic rings. The van der Waals surface area contributed by atoms with E-state index in [1.54, 1.807) is 30.3 Å². The lowest BCUT2D eigenvalue weighted by Gasteiger charge is -2.10. The molecule has 3 N–H and O–H groups in total. The number of anilines is 1. The molecule has 0 saturated carbocycles. The number of aromatic nitrogens is 4. The highest BCUT2D eigenvalue weighted by Gasteiger charge is 2.24. The van der Waals surface area contributed by atoms with Crippen LogP contribution in [-0.2, 0) is 16.4 Å². The number of hydrogen-bond donors (Lipinski definition) is 2. The standard InChI is InChI=1S/C18H16Cl2N6O3S2/c1-25(2)17-14-16(22-13(23-18(14)27)6-9-4-3-5-30-9)26(24-17)15-11(19)7-10(8-12(15)20)31(21,28)29/h3-5,7-8H,6H2,1-2H3,(H2,21,28,29)(H,22,23,27). The number of nitrogens with two attached hydrogens (primary N) is 1. The van der Waals surface area contributed by atoms with Gasteiger partial charge in [-0.05, 0) is 23.6 Å². The van der Waals surface area contributed by atoms with Crippen LogP contribution in [-0.4, -0.2) is 42.3 Å². The molecule has 162 valence electrons. The third-order valence-corrected chi connectivity index (χ3v) is 6.79. The topological polar surface area (TPSA) is 127 Å². The molecule has 4 rings (SSSR count). The van der Waals surface area contributed by atoms with Crippen LogP contribution in [0, 0.1) is 0 Å². The van der Waals surface area contributed by atoms with Crippen molar-refractivity contribution in [1.82, 2.24) is 19.7 Å². The summed E-state index contributed by atoms with van der Waals surface area (Å²) in [4.78, 5) is 22.8. The van der Waals surface area contributed by atoms with Gasteiger partial charge in [0.2, 0.25) is 10.0 Å². The number of aromatic amines is 1. The largest absolute Gasteiger partial charge is 0.361 e. The Balaban J connectivity index is 2.00. The van der Waals surface area contributed by atoms with Gasteiger partial charge in [0.1, 0.15) is 16.9 Å². The predicted octanol–water partition coefficient (Wildman–Crippen LogP) is 2.78. The lowest BCUT2D eigenvalue weighted by molar-refractivity contribution is 0.598. The Morgan fingerprint density at radius 2 is 1.94 bits per heavy atom. The van der Waals surface area contributed by atoms with Crippen LogP contribution >= 0.6 is 34.5 Å². The lowest BCUT2D eigenvalue weighted by atomic mass is 10.3. The smallest absolute Gasteiger partial charge is 0.264 e. The van der Waals surface area contributed by atoms with E-state index in [0.717, 1.165) is 4.88 Å². The quantitative estimate of drug-likeness (QED) is 0.435. The maximum atomic E-state index is 12.9. The highest BCUT2D eigenvalue weighted by atomic mass is 35.5. The van der Waals surface area contributed by atoms with Gasteiger partial charge in [-0.2, -0.15) is 0 Å². The second kappa shape index (κ2) is 7.92. The minimum atomic E-state index is -4.02. The number of fused-ring (bicyclic) bond motifs is 1. The number of benzene rings is 1. The van der Waals surface area contributed by atoms with Crippen LogP contribution in [0.3, 0.4) is 0 Å². The Hall–Kier alpha value is -2.44. The summed E-state index contributed by atoms with van der Waals surface area (Å²) in [6.45, 7) is 0. The SMILES string of the molecule is CN(C)c1nn(-c2c(Cl)cc(S(N)(=O)=O)cc2Cl)c2nc(Cc3cccs3)[nH]c(=O)c12. The molecule has 31 heavy (non-hydrogen) atoms. The van der Waals surface area contributed by atoms with Gasteiger partial charge in [-0.1, -0.05) is 29.3 Å². The first-order valence-corrected chi connectivity index (χ1v) is 12.0. The van der Waals surface area contributed by atoms with E-state index in [-0.39, 0.29) is 37.2 Å². The van der Waals surface area contributed by atoms with E-state index >= 15 is 0 Å². The van der Waals surface area contributed by atoms with Crippen molar-refractivity contribution in [2.45, 2.75) is 11.3 Å². The van der Waals surface area contributed by atoms with Gasteiger partial charge in [-0.25, -0.2) is 23.2 Å². The average Bonchev–Trinajstić information content (AvgIpc) is 3.29. The monoisotopic (exact) mass is 498 g/mol. The first-order chi connectivity index (χ1) is 14.6. The van der Waals surface area contributed by atoms with Crippen molar-refractivity contribution in [2.75, 3.05) is 19.0 Å². The van der Waals surface area contributed by atoms with E-state index in [2.05, 4.69) is 15.1 Å². The lowest BCUT2D eigenvalue weighted by Crippen LogP contribution is -2.16. The molecule has 0 unspecified atom stereocenters. The molecule has 0 spiro atoms. The fraction of sp³-hybridized carbons (Fsp3) is 0.167. The molecular formula is C18H16Cl2N6O3S2. The number of halogens is 2. The second-order valence-electron chi connectivity index (χ2n) is 6.88. The minimum absolute atomic E-state index is 0.00637. The number of sulfonamides is 1. The van der Waals surface area contributed by atoms with Crippen LogP contribution in [0.5, 0.6) is 0 Å². The number of nitrogens with one attached hydrogen (secondary N) is 1. The molecule has 13 heteroatoms. The van der Waals surface area contributed by atoms with Gasteiger partial charge in [-0.3, -0.25) is 4.79 Å². The number of hydrogen-bond acceptors (Lipinski definition) is 7. The minimum Gasteiger partial charge on any atom is -0.361 e. The molecule has 0 radical (unpaired) electrons. The zero-order chi connectivity index (χ0) is 22.5. The Morgan fingerprint density at radius 1 is 1.26 bits per heavy atom. The molecule has 0 aliphatic heterocycles. The number of H-pyrrole nitrogens is 1. The molecule has 0 atom stereocenters. The Kier molecular flexibility index (Phi) is 5.56. The van der Waals surface area contributed by atoms with Crippen LogP contribution in [0.1, 0.15) is 10.7 Å². The van der Waals surface area contributed by atoms with Crippen molar-refractivity contribution < 1.29 is 8.42 Å². The summed E-state index contributed by atoms with van der Waals surface area (Å²) in [5.41, 5.74) is 0.0695. The van der Waals surface area contributed by atoms with Crippen molar-refractivity contribution in [3.63, 3.8) is 0 Å². The molecule has 0 aliphatic rings. The number of rotatable bonds is 5. The summed E-state index contributed by atoms with van der Waals surface area (Å²) < 4.78 is 24.8. The van der Waals surface area contributed by atoms with Gasteiger partial charge in [0.05, 0.1) is 14.9 Å². The molecule has 0 bridgehead atoms. The van der Waals surface area contributed by atoms with Gasteiger partial charge in [-0.15, -0.1) is 16.4 Å². The second-order valence-corrected chi connectivity index (χ2v) is 10.3. The highest BCUT2D eigenvalue weighted by Crippen LogP contribution is 2.34. The number of thiophene rings is 1. The molecule has 0 fully saturated rings. The average molecular weight is 499 g/mol. The van der Waals surface area contributed by atoms with E-state index in [9.17, 15) is 13.2 Å². The van der Waals surface area contributed by atoms with Crippen LogP contribution < -0.4 is 15.6 Å². The molecule has 9 nitrogen and oxygen atoms in total. The third kappa shape index (κ3) is 4.06. The Bertz CT molecular complexity index is 1440. The fourth-order valence-electron chi connectivity index (χ4n) is 3.09. The van der Waals surface area contributed by atoms with Crippen LogP contribution in [0.25, 0.3) is 16.7 Å². The van der Waals surface area contributed by atoms with Crippen molar-refractivity contribution in [2.24, 2.45) is 5.14 Å². The maximum absolute atomic E-state index is 12.9. The van der Waals surface area contributed by atoms with Crippen molar-refractivity contribution in [3.05, 3.63) is 60.7 Å². The molecule has 1 aromatic carbocycles. The van der Waals surface area contributed by atoms with E-state index in [0.29, 0.717) is 18.1 Å². The third-order valence-electron chi connectivity index (χ3n) is 4.44.